The predicted molar refractivity (Wildman–Crippen MR) is 85.6 cm³/mol. The van der Waals surface area contributed by atoms with E-state index in [0.29, 0.717) is 24.9 Å². The van der Waals surface area contributed by atoms with E-state index >= 15 is 0 Å². The van der Waals surface area contributed by atoms with Crippen LogP contribution < -0.4 is 15.8 Å². The van der Waals surface area contributed by atoms with Crippen molar-refractivity contribution >= 4 is 29.1 Å². The van der Waals surface area contributed by atoms with E-state index in [4.69, 9.17) is 26.8 Å². The zero-order chi connectivity index (χ0) is 16.2. The van der Waals surface area contributed by atoms with Gasteiger partial charge >= 0.3 is 0 Å². The van der Waals surface area contributed by atoms with Crippen LogP contribution in [0.2, 0.25) is 5.02 Å². The third-order valence-corrected chi connectivity index (χ3v) is 3.76. The lowest BCUT2D eigenvalue weighted by atomic mass is 10.1. The van der Waals surface area contributed by atoms with Crippen LogP contribution in [0.1, 0.15) is 6.42 Å². The van der Waals surface area contributed by atoms with E-state index in [1.807, 2.05) is 0 Å². The fourth-order valence-electron chi connectivity index (χ4n) is 2.26. The van der Waals surface area contributed by atoms with Crippen LogP contribution in [0.4, 0.5) is 21.8 Å². The number of rotatable bonds is 5. The summed E-state index contributed by atoms with van der Waals surface area (Å²) in [6, 6.07) is 4.59. The van der Waals surface area contributed by atoms with Crippen LogP contribution >= 0.6 is 11.6 Å². The second-order valence-electron chi connectivity index (χ2n) is 5.20. The fourth-order valence-corrected chi connectivity index (χ4v) is 2.39. The topological polar surface area (TPSA) is 82.3 Å². The van der Waals surface area contributed by atoms with Crippen LogP contribution in [-0.4, -0.2) is 29.8 Å². The molecule has 2 heterocycles. The van der Waals surface area contributed by atoms with Gasteiger partial charge in [-0.2, -0.15) is 4.98 Å². The molecule has 6 nitrogen and oxygen atoms in total. The first kappa shape index (κ1) is 15.8. The lowest BCUT2D eigenvalue weighted by Crippen LogP contribution is -2.13. The third-order valence-electron chi connectivity index (χ3n) is 3.48. The van der Waals surface area contributed by atoms with Crippen LogP contribution in [0.3, 0.4) is 0 Å². The molecular weight excluding hydrogens is 323 g/mol. The molecule has 1 atom stereocenters. The van der Waals surface area contributed by atoms with Crippen molar-refractivity contribution in [3.05, 3.63) is 35.2 Å². The summed E-state index contributed by atoms with van der Waals surface area (Å²) in [6.45, 7) is 1.85. The number of benzene rings is 1. The van der Waals surface area contributed by atoms with Gasteiger partial charge in [-0.15, -0.1) is 0 Å². The van der Waals surface area contributed by atoms with E-state index in [-0.39, 0.29) is 22.5 Å². The molecule has 2 aromatic rings. The number of nitrogen functional groups attached to an aromatic ring is 1. The minimum atomic E-state index is -0.474. The molecule has 8 heteroatoms. The third kappa shape index (κ3) is 3.80. The van der Waals surface area contributed by atoms with Gasteiger partial charge in [0.2, 0.25) is 5.95 Å². The number of halogens is 2. The Hall–Kier alpha value is -2.12. The second kappa shape index (κ2) is 6.97. The molecule has 1 aromatic carbocycles. The molecule has 0 spiro atoms. The molecule has 1 aliphatic rings. The summed E-state index contributed by atoms with van der Waals surface area (Å²) in [5.41, 5.74) is 5.70. The lowest BCUT2D eigenvalue weighted by molar-refractivity contribution is 0.167. The Bertz CT molecular complexity index is 695. The lowest BCUT2D eigenvalue weighted by Gasteiger charge is -2.16. The van der Waals surface area contributed by atoms with Crippen LogP contribution in [0.15, 0.2) is 24.4 Å². The van der Waals surface area contributed by atoms with Gasteiger partial charge in [-0.1, -0.05) is 17.7 Å². The molecule has 1 aliphatic heterocycles. The molecule has 0 saturated carbocycles. The van der Waals surface area contributed by atoms with Gasteiger partial charge in [-0.3, -0.25) is 0 Å². The SMILES string of the molecule is Nc1ncc(Cl)c(Nc2c(F)cccc2OCC2CCOC2)n1. The highest BCUT2D eigenvalue weighted by Gasteiger charge is 2.18. The normalized spacial score (nSPS) is 17.2. The highest BCUT2D eigenvalue weighted by molar-refractivity contribution is 6.32. The Labute approximate surface area is 137 Å². The number of nitrogens with two attached hydrogens (primary N) is 1. The number of para-hydroxylation sites is 1. The van der Waals surface area contributed by atoms with Gasteiger partial charge in [-0.05, 0) is 18.6 Å². The highest BCUT2D eigenvalue weighted by atomic mass is 35.5. The van der Waals surface area contributed by atoms with Crippen molar-refractivity contribution < 1.29 is 13.9 Å². The van der Waals surface area contributed by atoms with Crippen molar-refractivity contribution in [3.8, 4) is 5.75 Å². The van der Waals surface area contributed by atoms with Gasteiger partial charge in [0.15, 0.2) is 11.6 Å². The van der Waals surface area contributed by atoms with E-state index in [9.17, 15) is 4.39 Å². The summed E-state index contributed by atoms with van der Waals surface area (Å²) < 4.78 is 25.2. The molecule has 0 amide bonds. The van der Waals surface area contributed by atoms with Crippen molar-refractivity contribution in [2.45, 2.75) is 6.42 Å². The van der Waals surface area contributed by atoms with Crippen molar-refractivity contribution in [1.82, 2.24) is 9.97 Å². The Balaban J connectivity index is 1.81. The number of hydrogen-bond donors (Lipinski definition) is 2. The Morgan fingerprint density at radius 1 is 1.48 bits per heavy atom. The van der Waals surface area contributed by atoms with Crippen LogP contribution in [0.25, 0.3) is 0 Å². The largest absolute Gasteiger partial charge is 0.491 e. The Kier molecular flexibility index (Phi) is 4.78. The van der Waals surface area contributed by atoms with Gasteiger partial charge in [-0.25, -0.2) is 9.37 Å². The predicted octanol–water partition coefficient (Wildman–Crippen LogP) is 3.01. The standard InChI is InChI=1S/C15H16ClFN4O2/c16-10-6-19-15(18)21-14(10)20-13-11(17)2-1-3-12(13)23-8-9-4-5-22-7-9/h1-3,6,9H,4-5,7-8H2,(H3,18,19,20,21). The summed E-state index contributed by atoms with van der Waals surface area (Å²) in [6.07, 6.45) is 2.29. The average molecular weight is 339 g/mol. The quantitative estimate of drug-likeness (QED) is 0.872. The van der Waals surface area contributed by atoms with E-state index < -0.39 is 5.82 Å². The monoisotopic (exact) mass is 338 g/mol. The molecule has 1 fully saturated rings. The Morgan fingerprint density at radius 2 is 2.35 bits per heavy atom. The first-order valence-electron chi connectivity index (χ1n) is 7.17. The minimum absolute atomic E-state index is 0.0406. The highest BCUT2D eigenvalue weighted by Crippen LogP contribution is 2.33. The summed E-state index contributed by atoms with van der Waals surface area (Å²) in [5, 5.41) is 3.06. The van der Waals surface area contributed by atoms with Crippen LogP contribution in [0, 0.1) is 11.7 Å². The zero-order valence-corrected chi connectivity index (χ0v) is 13.0. The molecule has 0 aliphatic carbocycles. The maximum Gasteiger partial charge on any atom is 0.222 e. The average Bonchev–Trinajstić information content (AvgIpc) is 3.05. The molecule has 3 rings (SSSR count). The first-order chi connectivity index (χ1) is 11.1. The van der Waals surface area contributed by atoms with Crippen molar-refractivity contribution in [1.29, 1.82) is 0 Å². The maximum atomic E-state index is 14.2. The smallest absolute Gasteiger partial charge is 0.222 e. The maximum absolute atomic E-state index is 14.2. The van der Waals surface area contributed by atoms with Crippen LogP contribution in [0.5, 0.6) is 5.75 Å². The molecule has 3 N–H and O–H groups in total. The van der Waals surface area contributed by atoms with E-state index in [0.717, 1.165) is 13.0 Å². The summed E-state index contributed by atoms with van der Waals surface area (Å²) in [4.78, 5) is 7.74. The summed E-state index contributed by atoms with van der Waals surface area (Å²) in [7, 11) is 0. The molecule has 1 aromatic heterocycles. The van der Waals surface area contributed by atoms with Crippen molar-refractivity contribution in [2.24, 2.45) is 5.92 Å². The molecule has 0 radical (unpaired) electrons. The molecule has 0 bridgehead atoms. The molecule has 122 valence electrons. The second-order valence-corrected chi connectivity index (χ2v) is 5.61. The van der Waals surface area contributed by atoms with Gasteiger partial charge in [0.25, 0.3) is 0 Å². The van der Waals surface area contributed by atoms with Gasteiger partial charge < -0.3 is 20.5 Å². The fraction of sp³-hybridized carbons (Fsp3) is 0.333. The van der Waals surface area contributed by atoms with Gasteiger partial charge in [0.05, 0.1) is 19.4 Å². The van der Waals surface area contributed by atoms with Crippen molar-refractivity contribution in [3.63, 3.8) is 0 Å². The van der Waals surface area contributed by atoms with E-state index in [1.54, 1.807) is 12.1 Å². The minimum Gasteiger partial charge on any atom is -0.491 e. The number of hydrogen-bond acceptors (Lipinski definition) is 6. The van der Waals surface area contributed by atoms with Crippen molar-refractivity contribution in [2.75, 3.05) is 30.9 Å². The summed E-state index contributed by atoms with van der Waals surface area (Å²) >= 11 is 6.01. The molecular formula is C15H16ClFN4O2. The number of aromatic nitrogens is 2. The number of nitrogens with one attached hydrogen (secondary N) is 1. The number of nitrogens with zero attached hydrogens (tertiary/aromatic N) is 2. The summed E-state index contributed by atoms with van der Waals surface area (Å²) in [5.74, 6) is 0.477. The van der Waals surface area contributed by atoms with E-state index in [2.05, 4.69) is 15.3 Å². The Morgan fingerprint density at radius 3 is 3.13 bits per heavy atom. The molecule has 1 unspecified atom stereocenters. The van der Waals surface area contributed by atoms with Gasteiger partial charge in [0, 0.05) is 12.5 Å². The number of ether oxygens (including phenoxy) is 2. The molecule has 23 heavy (non-hydrogen) atoms. The van der Waals surface area contributed by atoms with Crippen LogP contribution in [-0.2, 0) is 4.74 Å². The zero-order valence-electron chi connectivity index (χ0n) is 12.3. The van der Waals surface area contributed by atoms with E-state index in [1.165, 1.54) is 12.3 Å². The van der Waals surface area contributed by atoms with Gasteiger partial charge in [0.1, 0.15) is 16.5 Å². The first-order valence-corrected chi connectivity index (χ1v) is 7.55. The number of anilines is 3. The molecule has 1 saturated heterocycles.